The van der Waals surface area contributed by atoms with E-state index >= 15 is 0 Å². The van der Waals surface area contributed by atoms with Crippen molar-refractivity contribution in [3.8, 4) is 0 Å². The van der Waals surface area contributed by atoms with E-state index in [0.29, 0.717) is 18.3 Å². The van der Waals surface area contributed by atoms with Crippen LogP contribution in [0.15, 0.2) is 40.5 Å². The molecule has 0 radical (unpaired) electrons. The van der Waals surface area contributed by atoms with Crippen molar-refractivity contribution in [3.05, 3.63) is 36.0 Å². The summed E-state index contributed by atoms with van der Waals surface area (Å²) in [6, 6.07) is 7.74. The summed E-state index contributed by atoms with van der Waals surface area (Å²) in [5.74, 6) is 1.86. The Morgan fingerprint density at radius 1 is 1.19 bits per heavy atom. The van der Waals surface area contributed by atoms with E-state index in [1.54, 1.807) is 23.5 Å². The minimum atomic E-state index is -0.0542. The Bertz CT molecular complexity index is 1080. The SMILES string of the molecule is CCSc1ccccc1C(=O)NCCn1ncc2c(N3CCCC3)nc(SC(C)C)nc21. The van der Waals surface area contributed by atoms with Crippen LogP contribution in [0.1, 0.15) is 44.0 Å². The van der Waals surface area contributed by atoms with E-state index in [1.807, 2.05) is 35.1 Å². The lowest BCUT2D eigenvalue weighted by molar-refractivity contribution is 0.0949. The van der Waals surface area contributed by atoms with E-state index < -0.39 is 0 Å². The van der Waals surface area contributed by atoms with Crippen molar-refractivity contribution in [2.24, 2.45) is 0 Å². The van der Waals surface area contributed by atoms with Crippen LogP contribution >= 0.6 is 23.5 Å². The molecule has 2 aromatic heterocycles. The lowest BCUT2D eigenvalue weighted by Gasteiger charge is -2.18. The van der Waals surface area contributed by atoms with Crippen LogP contribution in [0, 0.1) is 0 Å². The molecular weight excluding hydrogens is 440 g/mol. The summed E-state index contributed by atoms with van der Waals surface area (Å²) < 4.78 is 1.88. The fraction of sp³-hybridized carbons (Fsp3) is 0.478. The molecule has 3 aromatic rings. The fourth-order valence-corrected chi connectivity index (χ4v) is 5.33. The van der Waals surface area contributed by atoms with Gasteiger partial charge in [0.2, 0.25) is 0 Å². The first-order valence-corrected chi connectivity index (χ1v) is 13.1. The van der Waals surface area contributed by atoms with Gasteiger partial charge in [-0.25, -0.2) is 14.6 Å². The third kappa shape index (κ3) is 5.20. The molecule has 7 nitrogen and oxygen atoms in total. The maximum atomic E-state index is 12.7. The summed E-state index contributed by atoms with van der Waals surface area (Å²) in [5, 5.41) is 9.80. The smallest absolute Gasteiger partial charge is 0.252 e. The van der Waals surface area contributed by atoms with Gasteiger partial charge in [-0.2, -0.15) is 5.10 Å². The summed E-state index contributed by atoms with van der Waals surface area (Å²) in [6.45, 7) is 9.47. The minimum Gasteiger partial charge on any atom is -0.356 e. The summed E-state index contributed by atoms with van der Waals surface area (Å²) in [6.07, 6.45) is 4.24. The second kappa shape index (κ2) is 10.6. The van der Waals surface area contributed by atoms with E-state index in [-0.39, 0.29) is 5.91 Å². The highest BCUT2D eigenvalue weighted by Gasteiger charge is 2.21. The Hall–Kier alpha value is -2.26. The molecule has 170 valence electrons. The molecule has 1 aliphatic rings. The van der Waals surface area contributed by atoms with E-state index in [0.717, 1.165) is 51.3 Å². The maximum absolute atomic E-state index is 12.7. The van der Waals surface area contributed by atoms with Crippen LogP contribution in [-0.2, 0) is 6.54 Å². The zero-order chi connectivity index (χ0) is 22.5. The third-order valence-corrected chi connectivity index (χ3v) is 7.06. The molecule has 0 spiro atoms. The average molecular weight is 471 g/mol. The van der Waals surface area contributed by atoms with E-state index in [2.05, 4.69) is 36.1 Å². The molecular formula is C23H30N6OS2. The Morgan fingerprint density at radius 2 is 1.97 bits per heavy atom. The van der Waals surface area contributed by atoms with Crippen molar-refractivity contribution in [1.29, 1.82) is 0 Å². The number of carbonyl (C=O) groups excluding carboxylic acids is 1. The normalized spacial score (nSPS) is 13.9. The fourth-order valence-electron chi connectivity index (χ4n) is 3.82. The first-order valence-electron chi connectivity index (χ1n) is 11.2. The largest absolute Gasteiger partial charge is 0.356 e. The van der Waals surface area contributed by atoms with Crippen LogP contribution in [0.4, 0.5) is 5.82 Å². The van der Waals surface area contributed by atoms with Crippen LogP contribution in [0.3, 0.4) is 0 Å². The molecule has 4 rings (SSSR count). The quantitative estimate of drug-likeness (QED) is 0.365. The van der Waals surface area contributed by atoms with Gasteiger partial charge in [0.1, 0.15) is 5.82 Å². The molecule has 0 bridgehead atoms. The molecule has 1 aliphatic heterocycles. The van der Waals surface area contributed by atoms with Gasteiger partial charge < -0.3 is 10.2 Å². The number of thioether (sulfide) groups is 2. The van der Waals surface area contributed by atoms with Gasteiger partial charge in [0, 0.05) is 29.8 Å². The Kier molecular flexibility index (Phi) is 7.57. The highest BCUT2D eigenvalue weighted by Crippen LogP contribution is 2.30. The number of fused-ring (bicyclic) bond motifs is 1. The van der Waals surface area contributed by atoms with E-state index in [1.165, 1.54) is 12.8 Å². The van der Waals surface area contributed by atoms with Crippen LogP contribution in [0.2, 0.25) is 0 Å². The van der Waals surface area contributed by atoms with Crippen molar-refractivity contribution >= 4 is 46.3 Å². The predicted molar refractivity (Wildman–Crippen MR) is 133 cm³/mol. The minimum absolute atomic E-state index is 0.0542. The van der Waals surface area contributed by atoms with E-state index in [4.69, 9.17) is 9.97 Å². The predicted octanol–water partition coefficient (Wildman–Crippen LogP) is 4.47. The lowest BCUT2D eigenvalue weighted by atomic mass is 10.2. The highest BCUT2D eigenvalue weighted by atomic mass is 32.2. The second-order valence-corrected chi connectivity index (χ2v) is 10.8. The molecule has 0 unspecified atom stereocenters. The number of anilines is 1. The van der Waals surface area contributed by atoms with Gasteiger partial charge in [-0.1, -0.05) is 44.7 Å². The van der Waals surface area contributed by atoms with Gasteiger partial charge in [-0.05, 0) is 30.7 Å². The Labute approximate surface area is 197 Å². The van der Waals surface area contributed by atoms with Crippen LogP contribution in [0.5, 0.6) is 0 Å². The van der Waals surface area contributed by atoms with Crippen LogP contribution < -0.4 is 10.2 Å². The molecule has 0 atom stereocenters. The van der Waals surface area contributed by atoms with Crippen molar-refractivity contribution in [3.63, 3.8) is 0 Å². The molecule has 0 saturated carbocycles. The molecule has 3 heterocycles. The second-order valence-electron chi connectivity index (χ2n) is 7.98. The van der Waals surface area contributed by atoms with Crippen molar-refractivity contribution in [2.75, 3.05) is 30.3 Å². The summed E-state index contributed by atoms with van der Waals surface area (Å²) in [5.41, 5.74) is 1.56. The first kappa shape index (κ1) is 22.9. The zero-order valence-corrected chi connectivity index (χ0v) is 20.5. The zero-order valence-electron chi connectivity index (χ0n) is 18.9. The molecule has 1 aromatic carbocycles. The summed E-state index contributed by atoms with van der Waals surface area (Å²) in [7, 11) is 0. The van der Waals surface area contributed by atoms with Gasteiger partial charge in [-0.3, -0.25) is 4.79 Å². The standard InChI is InChI=1S/C23H30N6OS2/c1-4-31-19-10-6-5-9-17(19)22(30)24-11-14-29-21-18(15-25-29)20(28-12-7-8-13-28)26-23(27-21)32-16(2)3/h5-6,9-10,15-16H,4,7-8,11-14H2,1-3H3,(H,24,30). The van der Waals surface area contributed by atoms with Gasteiger partial charge in [0.15, 0.2) is 10.8 Å². The number of nitrogens with zero attached hydrogens (tertiary/aromatic N) is 5. The Balaban J connectivity index is 1.52. The number of hydrogen-bond donors (Lipinski definition) is 1. The number of amides is 1. The molecule has 1 N–H and O–H groups in total. The molecule has 1 amide bonds. The maximum Gasteiger partial charge on any atom is 0.252 e. The van der Waals surface area contributed by atoms with Crippen LogP contribution in [-0.4, -0.2) is 56.3 Å². The van der Waals surface area contributed by atoms with Gasteiger partial charge in [0.25, 0.3) is 5.91 Å². The number of carbonyl (C=O) groups is 1. The molecule has 9 heteroatoms. The summed E-state index contributed by atoms with van der Waals surface area (Å²) >= 11 is 3.35. The third-order valence-electron chi connectivity index (χ3n) is 5.24. The molecule has 1 fully saturated rings. The number of rotatable bonds is 9. The molecule has 1 saturated heterocycles. The number of nitrogens with one attached hydrogen (secondary N) is 1. The Morgan fingerprint density at radius 3 is 2.72 bits per heavy atom. The monoisotopic (exact) mass is 470 g/mol. The highest BCUT2D eigenvalue weighted by molar-refractivity contribution is 7.99. The first-order chi connectivity index (χ1) is 15.6. The number of aromatic nitrogens is 4. The number of hydrogen-bond acceptors (Lipinski definition) is 7. The van der Waals surface area contributed by atoms with E-state index in [9.17, 15) is 4.79 Å². The van der Waals surface area contributed by atoms with Crippen molar-refractivity contribution in [2.45, 2.75) is 55.5 Å². The van der Waals surface area contributed by atoms with Gasteiger partial charge in [-0.15, -0.1) is 11.8 Å². The van der Waals surface area contributed by atoms with Crippen molar-refractivity contribution in [1.82, 2.24) is 25.1 Å². The van der Waals surface area contributed by atoms with Crippen LogP contribution in [0.25, 0.3) is 11.0 Å². The van der Waals surface area contributed by atoms with Gasteiger partial charge in [0.05, 0.1) is 23.7 Å². The topological polar surface area (TPSA) is 75.9 Å². The molecule has 32 heavy (non-hydrogen) atoms. The number of benzene rings is 1. The lowest BCUT2D eigenvalue weighted by Crippen LogP contribution is -2.28. The van der Waals surface area contributed by atoms with Crippen molar-refractivity contribution < 1.29 is 4.79 Å². The average Bonchev–Trinajstić information content (AvgIpc) is 3.44. The van der Waals surface area contributed by atoms with Gasteiger partial charge >= 0.3 is 0 Å². The molecule has 0 aliphatic carbocycles. The summed E-state index contributed by atoms with van der Waals surface area (Å²) in [4.78, 5) is 25.8.